The quantitative estimate of drug-likeness (QED) is 0.668. The van der Waals surface area contributed by atoms with Gasteiger partial charge in [-0.3, -0.25) is 14.6 Å². The van der Waals surface area contributed by atoms with Gasteiger partial charge >= 0.3 is 6.61 Å². The molecule has 0 radical (unpaired) electrons. The number of amides is 2. The maximum atomic E-state index is 12.4. The summed E-state index contributed by atoms with van der Waals surface area (Å²) in [5, 5.41) is 0. The maximum Gasteiger partial charge on any atom is 0.387 e. The number of aromatic nitrogens is 2. The molecule has 0 N–H and O–H groups in total. The van der Waals surface area contributed by atoms with Crippen LogP contribution in [0.5, 0.6) is 11.5 Å². The summed E-state index contributed by atoms with van der Waals surface area (Å²) in [6, 6.07) is 4.40. The lowest BCUT2D eigenvalue weighted by molar-refractivity contribution is -0.127. The molecule has 1 aliphatic heterocycles. The number of ether oxygens (including phenoxy) is 2. The van der Waals surface area contributed by atoms with Crippen LogP contribution in [0, 0.1) is 0 Å². The molecule has 2 aromatic rings. The average Bonchev–Trinajstić information content (AvgIpc) is 2.78. The number of piperazine rings is 1. The fourth-order valence-electron chi connectivity index (χ4n) is 2.96. The fourth-order valence-corrected chi connectivity index (χ4v) is 2.96. The normalized spacial score (nSPS) is 14.3. The number of benzene rings is 1. The Hall–Kier alpha value is -3.56. The van der Waals surface area contributed by atoms with E-state index >= 15 is 0 Å². The Balaban J connectivity index is 1.57. The zero-order valence-corrected chi connectivity index (χ0v) is 16.2. The molecule has 30 heavy (non-hydrogen) atoms. The van der Waals surface area contributed by atoms with Crippen molar-refractivity contribution in [1.82, 2.24) is 19.8 Å². The van der Waals surface area contributed by atoms with Gasteiger partial charge < -0.3 is 19.3 Å². The van der Waals surface area contributed by atoms with Crippen LogP contribution in [-0.2, 0) is 4.79 Å². The molecule has 10 heteroatoms. The molecule has 2 heterocycles. The van der Waals surface area contributed by atoms with Crippen molar-refractivity contribution in [3.8, 4) is 11.5 Å². The second-order valence-corrected chi connectivity index (χ2v) is 6.33. The lowest BCUT2D eigenvalue weighted by Gasteiger charge is -2.34. The Morgan fingerprint density at radius 2 is 1.83 bits per heavy atom. The van der Waals surface area contributed by atoms with Crippen molar-refractivity contribution in [2.24, 2.45) is 0 Å². The molecule has 0 spiro atoms. The number of carbonyl (C=O) groups excluding carboxylic acids is 2. The second-order valence-electron chi connectivity index (χ2n) is 6.33. The first-order valence-electron chi connectivity index (χ1n) is 9.13. The van der Waals surface area contributed by atoms with Crippen molar-refractivity contribution in [3.63, 3.8) is 0 Å². The van der Waals surface area contributed by atoms with E-state index in [9.17, 15) is 18.4 Å². The van der Waals surface area contributed by atoms with Crippen LogP contribution in [0.4, 0.5) is 8.78 Å². The number of alkyl halides is 2. The van der Waals surface area contributed by atoms with E-state index in [-0.39, 0.29) is 29.0 Å². The van der Waals surface area contributed by atoms with Gasteiger partial charge in [0.2, 0.25) is 5.91 Å². The van der Waals surface area contributed by atoms with Gasteiger partial charge in [-0.05, 0) is 23.8 Å². The highest BCUT2D eigenvalue weighted by Crippen LogP contribution is 2.29. The van der Waals surface area contributed by atoms with Crippen LogP contribution in [0.15, 0.2) is 42.9 Å². The number of hydrogen-bond acceptors (Lipinski definition) is 6. The van der Waals surface area contributed by atoms with Crippen LogP contribution in [0.3, 0.4) is 0 Å². The van der Waals surface area contributed by atoms with Crippen LogP contribution in [0.1, 0.15) is 16.1 Å². The summed E-state index contributed by atoms with van der Waals surface area (Å²) in [7, 11) is 1.34. The minimum absolute atomic E-state index is 0.0835. The van der Waals surface area contributed by atoms with Crippen LogP contribution < -0.4 is 9.47 Å². The van der Waals surface area contributed by atoms with Crippen molar-refractivity contribution in [2.45, 2.75) is 6.61 Å². The molecule has 1 aromatic carbocycles. The van der Waals surface area contributed by atoms with Crippen molar-refractivity contribution in [2.75, 3.05) is 33.3 Å². The van der Waals surface area contributed by atoms with Crippen molar-refractivity contribution in [3.05, 3.63) is 54.1 Å². The number of rotatable bonds is 6. The largest absolute Gasteiger partial charge is 0.493 e. The molecule has 0 aliphatic carbocycles. The van der Waals surface area contributed by atoms with Gasteiger partial charge in [0.15, 0.2) is 11.5 Å². The predicted molar refractivity (Wildman–Crippen MR) is 103 cm³/mol. The van der Waals surface area contributed by atoms with Gasteiger partial charge in [-0.15, -0.1) is 0 Å². The number of methoxy groups -OCH3 is 1. The molecule has 0 unspecified atom stereocenters. The van der Waals surface area contributed by atoms with E-state index in [0.29, 0.717) is 31.7 Å². The van der Waals surface area contributed by atoms with Gasteiger partial charge in [-0.2, -0.15) is 8.78 Å². The Labute approximate surface area is 171 Å². The third-order valence-corrected chi connectivity index (χ3v) is 4.48. The van der Waals surface area contributed by atoms with E-state index in [1.165, 1.54) is 43.9 Å². The summed E-state index contributed by atoms with van der Waals surface area (Å²) in [6.45, 7) is -1.40. The third kappa shape index (κ3) is 5.28. The van der Waals surface area contributed by atoms with Gasteiger partial charge in [-0.1, -0.05) is 6.07 Å². The molecule has 1 aliphatic rings. The molecular formula is C20H20F2N4O4. The summed E-state index contributed by atoms with van der Waals surface area (Å²) in [5.41, 5.74) is 0.865. The summed E-state index contributed by atoms with van der Waals surface area (Å²) < 4.78 is 34.2. The van der Waals surface area contributed by atoms with Crippen LogP contribution in [0.2, 0.25) is 0 Å². The molecular weight excluding hydrogens is 398 g/mol. The predicted octanol–water partition coefficient (Wildman–Crippen LogP) is 2.08. The SMILES string of the molecule is COc1cc(/C=C/C(=O)N2CCN(C(=O)c3cnccn3)CC2)ccc1OC(F)F. The van der Waals surface area contributed by atoms with Gasteiger partial charge in [0.1, 0.15) is 5.69 Å². The number of halogens is 2. The Morgan fingerprint density at radius 1 is 1.10 bits per heavy atom. The molecule has 158 valence electrons. The second kappa shape index (κ2) is 9.77. The van der Waals surface area contributed by atoms with Crippen LogP contribution >= 0.6 is 0 Å². The van der Waals surface area contributed by atoms with Crippen LogP contribution in [-0.4, -0.2) is 71.5 Å². The topological polar surface area (TPSA) is 84.9 Å². The third-order valence-electron chi connectivity index (χ3n) is 4.48. The average molecular weight is 418 g/mol. The van der Waals surface area contributed by atoms with E-state index in [1.54, 1.807) is 21.9 Å². The van der Waals surface area contributed by atoms with Gasteiger partial charge in [0.05, 0.1) is 13.3 Å². The minimum atomic E-state index is -2.96. The molecule has 8 nitrogen and oxygen atoms in total. The van der Waals surface area contributed by atoms with Crippen molar-refractivity contribution in [1.29, 1.82) is 0 Å². The fraction of sp³-hybridized carbons (Fsp3) is 0.300. The number of nitrogens with zero attached hydrogens (tertiary/aromatic N) is 4. The lowest BCUT2D eigenvalue weighted by Crippen LogP contribution is -2.50. The molecule has 0 bridgehead atoms. The first-order chi connectivity index (χ1) is 14.5. The minimum Gasteiger partial charge on any atom is -0.493 e. The molecule has 3 rings (SSSR count). The highest BCUT2D eigenvalue weighted by atomic mass is 19.3. The van der Waals surface area contributed by atoms with Crippen LogP contribution in [0.25, 0.3) is 6.08 Å². The van der Waals surface area contributed by atoms with E-state index in [4.69, 9.17) is 4.74 Å². The molecule has 1 fully saturated rings. The molecule has 1 aromatic heterocycles. The highest BCUT2D eigenvalue weighted by Gasteiger charge is 2.24. The summed E-state index contributed by atoms with van der Waals surface area (Å²) in [5.74, 6) is -0.377. The summed E-state index contributed by atoms with van der Waals surface area (Å²) >= 11 is 0. The lowest BCUT2D eigenvalue weighted by atomic mass is 10.2. The zero-order valence-electron chi connectivity index (χ0n) is 16.2. The Bertz CT molecular complexity index is 916. The summed E-state index contributed by atoms with van der Waals surface area (Å²) in [4.78, 5) is 36.0. The summed E-state index contributed by atoms with van der Waals surface area (Å²) in [6.07, 6.45) is 7.32. The molecule has 2 amide bonds. The van der Waals surface area contributed by atoms with E-state index in [1.807, 2.05) is 0 Å². The number of hydrogen-bond donors (Lipinski definition) is 0. The first-order valence-corrected chi connectivity index (χ1v) is 9.13. The number of carbonyl (C=O) groups is 2. The zero-order chi connectivity index (χ0) is 21.5. The van der Waals surface area contributed by atoms with E-state index in [2.05, 4.69) is 14.7 Å². The smallest absolute Gasteiger partial charge is 0.387 e. The van der Waals surface area contributed by atoms with Gasteiger partial charge in [0, 0.05) is 44.6 Å². The standard InChI is InChI=1S/C20H20F2N4O4/c1-29-17-12-14(2-4-16(17)30-20(21)22)3-5-18(27)25-8-10-26(11-9-25)19(28)15-13-23-6-7-24-15/h2-7,12-13,20H,8-11H2,1H3/b5-3+. The Morgan fingerprint density at radius 3 is 2.47 bits per heavy atom. The van der Waals surface area contributed by atoms with Crippen molar-refractivity contribution < 1.29 is 27.8 Å². The van der Waals surface area contributed by atoms with E-state index < -0.39 is 6.61 Å². The Kier molecular flexibility index (Phi) is 6.89. The van der Waals surface area contributed by atoms with Gasteiger partial charge in [0.25, 0.3) is 5.91 Å². The first kappa shape index (κ1) is 21.2. The van der Waals surface area contributed by atoms with Crippen molar-refractivity contribution >= 4 is 17.9 Å². The molecule has 1 saturated heterocycles. The maximum absolute atomic E-state index is 12.4. The molecule has 0 saturated carbocycles. The molecule has 0 atom stereocenters. The van der Waals surface area contributed by atoms with Gasteiger partial charge in [-0.25, -0.2) is 4.98 Å². The van der Waals surface area contributed by atoms with E-state index in [0.717, 1.165) is 0 Å². The highest BCUT2D eigenvalue weighted by molar-refractivity contribution is 5.93. The monoisotopic (exact) mass is 418 g/mol.